The summed E-state index contributed by atoms with van der Waals surface area (Å²) >= 11 is 0. The molecule has 0 aromatic carbocycles. The first-order valence-corrected chi connectivity index (χ1v) is 11.4. The highest BCUT2D eigenvalue weighted by Gasteiger charge is 2.57. The molecule has 0 spiro atoms. The van der Waals surface area contributed by atoms with Gasteiger partial charge in [-0.3, -0.25) is 4.79 Å². The van der Waals surface area contributed by atoms with E-state index < -0.39 is 18.5 Å². The van der Waals surface area contributed by atoms with Gasteiger partial charge in [-0.15, -0.1) is 0 Å². The lowest BCUT2D eigenvalue weighted by Gasteiger charge is -2.36. The Kier molecular flexibility index (Phi) is 8.51. The fourth-order valence-electron chi connectivity index (χ4n) is 3.51. The fraction of sp³-hybridized carbons (Fsp3) is 0.950. The van der Waals surface area contributed by atoms with E-state index in [4.69, 9.17) is 14.2 Å². The highest BCUT2D eigenvalue weighted by Crippen LogP contribution is 2.62. The number of ether oxygens (including phenoxy) is 3. The lowest BCUT2D eigenvalue weighted by atomic mass is 10.0. The summed E-state index contributed by atoms with van der Waals surface area (Å²) in [5.74, 6) is 0.398. The van der Waals surface area contributed by atoms with Crippen LogP contribution in [0.4, 0.5) is 0 Å². The maximum Gasteiger partial charge on any atom is 0.316 e. The lowest BCUT2D eigenvalue weighted by molar-refractivity contribution is -0.273. The van der Waals surface area contributed by atoms with Crippen molar-refractivity contribution in [1.82, 2.24) is 0 Å². The average molecular weight is 404 g/mol. The van der Waals surface area contributed by atoms with Crippen molar-refractivity contribution in [2.45, 2.75) is 108 Å². The Morgan fingerprint density at radius 2 is 1.96 bits per heavy atom. The Morgan fingerprint density at radius 3 is 2.59 bits per heavy atom. The number of esters is 1. The van der Waals surface area contributed by atoms with Crippen LogP contribution in [0, 0.1) is 5.92 Å². The van der Waals surface area contributed by atoms with E-state index in [2.05, 4.69) is 13.8 Å². The summed E-state index contributed by atoms with van der Waals surface area (Å²) < 4.78 is 17.0. The number of hydrogen-bond donors (Lipinski definition) is 2. The van der Waals surface area contributed by atoms with Crippen molar-refractivity contribution < 1.29 is 29.2 Å². The van der Waals surface area contributed by atoms with Crippen LogP contribution in [0.1, 0.15) is 66.7 Å². The minimum Gasteiger partial charge on any atom is -0.465 e. The number of carbonyl (C=O) groups excluding carboxylic acids is 1. The Bertz CT molecular complexity index is 485. The molecule has 0 aromatic rings. The van der Waals surface area contributed by atoms with E-state index in [1.807, 2.05) is 13.8 Å². The van der Waals surface area contributed by atoms with E-state index in [-0.39, 0.29) is 29.8 Å². The van der Waals surface area contributed by atoms with Crippen LogP contribution in [-0.2, 0) is 19.0 Å². The van der Waals surface area contributed by atoms with E-state index >= 15 is 0 Å². The number of aliphatic hydroxyl groups excluding tert-OH is 2. The topological polar surface area (TPSA) is 85.2 Å². The second-order valence-corrected chi connectivity index (χ2v) is 10.3. The van der Waals surface area contributed by atoms with Crippen molar-refractivity contribution in [3.63, 3.8) is 0 Å². The van der Waals surface area contributed by atoms with E-state index in [9.17, 15) is 15.0 Å². The predicted molar refractivity (Wildman–Crippen MR) is 106 cm³/mol. The molecule has 2 aliphatic rings. The third-order valence-electron chi connectivity index (χ3n) is 6.03. The van der Waals surface area contributed by atoms with E-state index in [0.717, 1.165) is 25.7 Å². The molecule has 158 valence electrons. The fourth-order valence-corrected chi connectivity index (χ4v) is 4.92. The molecule has 2 saturated heterocycles. The molecule has 2 rings (SSSR count). The van der Waals surface area contributed by atoms with E-state index in [1.165, 1.54) is 0 Å². The van der Waals surface area contributed by atoms with Crippen molar-refractivity contribution in [1.29, 1.82) is 0 Å². The van der Waals surface area contributed by atoms with Crippen LogP contribution in [0.25, 0.3) is 0 Å². The van der Waals surface area contributed by atoms with Gasteiger partial charge in [0.15, 0.2) is 6.29 Å². The Hall–Kier alpha value is -0.260. The van der Waals surface area contributed by atoms with Gasteiger partial charge in [0, 0.05) is 6.42 Å². The first kappa shape index (κ1) is 23.0. The Morgan fingerprint density at radius 1 is 1.30 bits per heavy atom. The first-order chi connectivity index (χ1) is 12.7. The van der Waals surface area contributed by atoms with Crippen LogP contribution in [0.15, 0.2) is 0 Å². The van der Waals surface area contributed by atoms with Gasteiger partial charge in [-0.2, -0.15) is 0 Å². The van der Waals surface area contributed by atoms with Crippen molar-refractivity contribution in [2.75, 3.05) is 6.61 Å². The summed E-state index contributed by atoms with van der Waals surface area (Å²) in [6, 6.07) is 0. The Balaban J connectivity index is 1.70. The third kappa shape index (κ3) is 6.11. The summed E-state index contributed by atoms with van der Waals surface area (Å²) in [5.41, 5.74) is 0.357. The molecule has 0 aromatic heterocycles. The molecule has 7 heteroatoms. The summed E-state index contributed by atoms with van der Waals surface area (Å²) in [5, 5.41) is 19.4. The van der Waals surface area contributed by atoms with Crippen LogP contribution in [-0.4, -0.2) is 64.3 Å². The van der Waals surface area contributed by atoms with E-state index in [0.29, 0.717) is 26.8 Å². The monoisotopic (exact) mass is 404 g/mol. The molecular weight excluding hydrogens is 367 g/mol. The van der Waals surface area contributed by atoms with Crippen LogP contribution in [0.3, 0.4) is 0 Å². The highest BCUT2D eigenvalue weighted by molar-refractivity contribution is 7.52. The van der Waals surface area contributed by atoms with Crippen molar-refractivity contribution in [2.24, 2.45) is 5.92 Å². The van der Waals surface area contributed by atoms with Gasteiger partial charge in [-0.1, -0.05) is 35.3 Å². The molecule has 2 N–H and O–H groups in total. The zero-order valence-corrected chi connectivity index (χ0v) is 18.3. The molecule has 0 bridgehead atoms. The summed E-state index contributed by atoms with van der Waals surface area (Å²) in [6.07, 6.45) is 1.44. The number of carbonyl (C=O) groups is 1. The minimum absolute atomic E-state index is 0.0554. The standard InChI is InChI=1S/C20H37O6P/c1-6-14(7-2)11-24-19(23)20(5)17(27-20)9-8-12(3)25-18-16(22)10-15(21)13(4)26-18/h12-18,21-22,27H,6-11H2,1-5H3/t12-,13+,15-,16-,17-,18-,20-/m1/s1. The molecule has 0 saturated carbocycles. The molecule has 1 unspecified atom stereocenters. The van der Waals surface area contributed by atoms with Crippen LogP contribution < -0.4 is 0 Å². The van der Waals surface area contributed by atoms with Crippen molar-refractivity contribution >= 4 is 14.6 Å². The third-order valence-corrected chi connectivity index (χ3v) is 8.09. The summed E-state index contributed by atoms with van der Waals surface area (Å²) in [7, 11) is 0.605. The van der Waals surface area contributed by atoms with Gasteiger partial charge in [0.1, 0.15) is 6.10 Å². The van der Waals surface area contributed by atoms with Gasteiger partial charge in [0.25, 0.3) is 0 Å². The highest BCUT2D eigenvalue weighted by atomic mass is 31.1. The number of hydrogen-bond acceptors (Lipinski definition) is 6. The van der Waals surface area contributed by atoms with Crippen molar-refractivity contribution in [3.8, 4) is 0 Å². The molecule has 0 amide bonds. The van der Waals surface area contributed by atoms with Gasteiger partial charge >= 0.3 is 5.97 Å². The van der Waals surface area contributed by atoms with E-state index in [1.54, 1.807) is 6.92 Å². The molecule has 6 nitrogen and oxygen atoms in total. The lowest BCUT2D eigenvalue weighted by Crippen LogP contribution is -2.48. The second-order valence-electron chi connectivity index (χ2n) is 8.28. The largest absolute Gasteiger partial charge is 0.465 e. The van der Waals surface area contributed by atoms with Gasteiger partial charge in [0.2, 0.25) is 0 Å². The first-order valence-electron chi connectivity index (χ1n) is 10.3. The molecule has 8 atom stereocenters. The normalized spacial score (nSPS) is 38.1. The molecule has 2 aliphatic heterocycles. The minimum atomic E-state index is -0.813. The molecular formula is C20H37O6P. The molecule has 0 radical (unpaired) electrons. The van der Waals surface area contributed by atoms with Gasteiger partial charge in [0.05, 0.1) is 30.1 Å². The van der Waals surface area contributed by atoms with Gasteiger partial charge in [-0.25, -0.2) is 0 Å². The molecule has 27 heavy (non-hydrogen) atoms. The molecule has 2 heterocycles. The average Bonchev–Trinajstić information content (AvgIpc) is 3.30. The zero-order valence-electron chi connectivity index (χ0n) is 17.3. The van der Waals surface area contributed by atoms with Gasteiger partial charge in [-0.05, 0) is 45.2 Å². The predicted octanol–water partition coefficient (Wildman–Crippen LogP) is 2.83. The van der Waals surface area contributed by atoms with Crippen LogP contribution >= 0.6 is 8.58 Å². The number of rotatable bonds is 10. The number of aliphatic hydroxyl groups is 2. The Labute approximate surface area is 165 Å². The maximum atomic E-state index is 12.4. The van der Waals surface area contributed by atoms with Crippen LogP contribution in [0.2, 0.25) is 0 Å². The SMILES string of the molecule is CCC(CC)COC(=O)[C@]1(C)P[C@@H]1CC[C@@H](C)O[C@@H]1O[C@@H](C)[C@H](O)C[C@H]1O. The summed E-state index contributed by atoms with van der Waals surface area (Å²) in [6.45, 7) is 10.5. The summed E-state index contributed by atoms with van der Waals surface area (Å²) in [4.78, 5) is 12.4. The quantitative estimate of drug-likeness (QED) is 0.430. The molecule has 2 fully saturated rings. The second kappa shape index (κ2) is 9.98. The zero-order chi connectivity index (χ0) is 20.2. The van der Waals surface area contributed by atoms with Crippen LogP contribution in [0.5, 0.6) is 0 Å². The smallest absolute Gasteiger partial charge is 0.316 e. The van der Waals surface area contributed by atoms with Crippen molar-refractivity contribution in [3.05, 3.63) is 0 Å². The maximum absolute atomic E-state index is 12.4. The van der Waals surface area contributed by atoms with Gasteiger partial charge < -0.3 is 24.4 Å². The molecule has 0 aliphatic carbocycles.